The summed E-state index contributed by atoms with van der Waals surface area (Å²) in [7, 11) is 0. The van der Waals surface area contributed by atoms with Crippen LogP contribution in [-0.4, -0.2) is 19.0 Å². The molecule has 1 aromatic heterocycles. The molecule has 0 bridgehead atoms. The van der Waals surface area contributed by atoms with Crippen molar-refractivity contribution in [1.82, 2.24) is 5.32 Å². The van der Waals surface area contributed by atoms with E-state index in [1.165, 1.54) is 0 Å². The highest BCUT2D eigenvalue weighted by Crippen LogP contribution is 2.28. The molecule has 0 fully saturated rings. The summed E-state index contributed by atoms with van der Waals surface area (Å²) >= 11 is 5.97. The lowest BCUT2D eigenvalue weighted by Crippen LogP contribution is -2.28. The molecule has 0 saturated carbocycles. The average Bonchev–Trinajstić information content (AvgIpc) is 2.88. The fourth-order valence-electron chi connectivity index (χ4n) is 1.74. The minimum absolute atomic E-state index is 0.267. The third kappa shape index (κ3) is 3.16. The van der Waals surface area contributed by atoms with Gasteiger partial charge in [0.05, 0.1) is 0 Å². The highest BCUT2D eigenvalue weighted by Gasteiger charge is 2.13. The Balaban J connectivity index is 2.25. The fourth-order valence-corrected chi connectivity index (χ4v) is 1.91. The monoisotopic (exact) mass is 278 g/mol. The molecule has 0 saturated heterocycles. The summed E-state index contributed by atoms with van der Waals surface area (Å²) in [5.41, 5.74) is 7.24. The van der Waals surface area contributed by atoms with E-state index >= 15 is 0 Å². The molecule has 100 valence electrons. The van der Waals surface area contributed by atoms with Gasteiger partial charge in [0.2, 0.25) is 0 Å². The summed E-state index contributed by atoms with van der Waals surface area (Å²) in [4.78, 5) is 11.7. The van der Waals surface area contributed by atoms with Gasteiger partial charge in [0, 0.05) is 23.7 Å². The van der Waals surface area contributed by atoms with Gasteiger partial charge in [0.1, 0.15) is 5.76 Å². The van der Waals surface area contributed by atoms with E-state index in [-0.39, 0.29) is 11.7 Å². The van der Waals surface area contributed by atoms with Gasteiger partial charge in [-0.3, -0.25) is 4.79 Å². The summed E-state index contributed by atoms with van der Waals surface area (Å²) < 4.78 is 5.55. The summed E-state index contributed by atoms with van der Waals surface area (Å²) in [6, 6.07) is 8.95. The lowest BCUT2D eigenvalue weighted by atomic mass is 10.1. The number of halogens is 1. The number of benzene rings is 1. The molecule has 2 aromatic rings. The molecule has 0 unspecified atom stereocenters. The zero-order chi connectivity index (χ0) is 13.8. The molecule has 5 heteroatoms. The lowest BCUT2D eigenvalue weighted by molar-refractivity contribution is 0.0928. The second kappa shape index (κ2) is 5.91. The first-order valence-electron chi connectivity index (χ1n) is 5.96. The molecule has 4 nitrogen and oxygen atoms in total. The van der Waals surface area contributed by atoms with Gasteiger partial charge in [-0.1, -0.05) is 17.7 Å². The van der Waals surface area contributed by atoms with Crippen molar-refractivity contribution >= 4 is 17.5 Å². The first-order valence-corrected chi connectivity index (χ1v) is 6.34. The number of nitrogens with one attached hydrogen (secondary N) is 1. The van der Waals surface area contributed by atoms with Crippen LogP contribution in [0.1, 0.15) is 16.1 Å². The Morgan fingerprint density at radius 1 is 1.37 bits per heavy atom. The normalized spacial score (nSPS) is 10.5. The van der Waals surface area contributed by atoms with Gasteiger partial charge in [-0.15, -0.1) is 0 Å². The van der Waals surface area contributed by atoms with Gasteiger partial charge in [-0.05, 0) is 36.8 Å². The van der Waals surface area contributed by atoms with Crippen LogP contribution in [0.5, 0.6) is 0 Å². The first kappa shape index (κ1) is 13.6. The van der Waals surface area contributed by atoms with Crippen LogP contribution in [0.25, 0.3) is 11.3 Å². The molecule has 0 atom stereocenters. The fraction of sp³-hybridized carbons (Fsp3) is 0.214. The third-order valence-corrected chi connectivity index (χ3v) is 2.96. The Hall–Kier alpha value is -1.78. The van der Waals surface area contributed by atoms with E-state index in [4.69, 9.17) is 21.8 Å². The quantitative estimate of drug-likeness (QED) is 0.903. The highest BCUT2D eigenvalue weighted by atomic mass is 35.5. The van der Waals surface area contributed by atoms with Gasteiger partial charge in [0.15, 0.2) is 5.76 Å². The molecular formula is C14H15ClN2O2. The maximum absolute atomic E-state index is 11.7. The van der Waals surface area contributed by atoms with Crippen molar-refractivity contribution in [3.63, 3.8) is 0 Å². The SMILES string of the molecule is Cc1ccc(Cl)cc1-c1ccc(C(=O)NCCN)o1. The molecule has 0 aliphatic heterocycles. The molecule has 0 spiro atoms. The van der Waals surface area contributed by atoms with Crippen LogP contribution in [-0.2, 0) is 0 Å². The van der Waals surface area contributed by atoms with Gasteiger partial charge in [-0.25, -0.2) is 0 Å². The molecule has 19 heavy (non-hydrogen) atoms. The summed E-state index contributed by atoms with van der Waals surface area (Å²) in [6.07, 6.45) is 0. The van der Waals surface area contributed by atoms with Gasteiger partial charge >= 0.3 is 0 Å². The maximum atomic E-state index is 11.7. The van der Waals surface area contributed by atoms with Crippen molar-refractivity contribution in [3.8, 4) is 11.3 Å². The Kier molecular flexibility index (Phi) is 4.24. The number of amides is 1. The summed E-state index contributed by atoms with van der Waals surface area (Å²) in [6.45, 7) is 2.78. The van der Waals surface area contributed by atoms with Crippen molar-refractivity contribution in [2.24, 2.45) is 5.73 Å². The minimum atomic E-state index is -0.267. The van der Waals surface area contributed by atoms with Crippen LogP contribution in [0, 0.1) is 6.92 Å². The average molecular weight is 279 g/mol. The number of carbonyl (C=O) groups excluding carboxylic acids is 1. The first-order chi connectivity index (χ1) is 9.11. The molecule has 3 N–H and O–H groups in total. The van der Waals surface area contributed by atoms with Crippen LogP contribution in [0.2, 0.25) is 5.02 Å². The van der Waals surface area contributed by atoms with Crippen LogP contribution in [0.4, 0.5) is 0 Å². The summed E-state index contributed by atoms with van der Waals surface area (Å²) in [5.74, 6) is 0.622. The van der Waals surface area contributed by atoms with Crippen molar-refractivity contribution in [3.05, 3.63) is 46.7 Å². The van der Waals surface area contributed by atoms with Crippen molar-refractivity contribution in [1.29, 1.82) is 0 Å². The number of rotatable bonds is 4. The second-order valence-electron chi connectivity index (χ2n) is 4.17. The van der Waals surface area contributed by atoms with Gasteiger partial charge in [0.25, 0.3) is 5.91 Å². The molecule has 0 aliphatic rings. The third-order valence-electron chi connectivity index (χ3n) is 2.72. The molecular weight excluding hydrogens is 264 g/mol. The van der Waals surface area contributed by atoms with Crippen LogP contribution in [0.15, 0.2) is 34.7 Å². The smallest absolute Gasteiger partial charge is 0.287 e. The molecule has 0 aliphatic carbocycles. The standard InChI is InChI=1S/C14H15ClN2O2/c1-9-2-3-10(15)8-11(9)12-4-5-13(19-12)14(18)17-7-6-16/h2-5,8H,6-7,16H2,1H3,(H,17,18). The van der Waals surface area contributed by atoms with E-state index < -0.39 is 0 Å². The van der Waals surface area contributed by atoms with Crippen LogP contribution in [0.3, 0.4) is 0 Å². The minimum Gasteiger partial charge on any atom is -0.451 e. The van der Waals surface area contributed by atoms with Crippen LogP contribution < -0.4 is 11.1 Å². The number of carbonyl (C=O) groups is 1. The highest BCUT2D eigenvalue weighted by molar-refractivity contribution is 6.30. The van der Waals surface area contributed by atoms with E-state index in [1.807, 2.05) is 25.1 Å². The van der Waals surface area contributed by atoms with E-state index in [0.29, 0.717) is 23.9 Å². The zero-order valence-corrected chi connectivity index (χ0v) is 11.3. The topological polar surface area (TPSA) is 68.3 Å². The largest absolute Gasteiger partial charge is 0.451 e. The Morgan fingerprint density at radius 3 is 2.89 bits per heavy atom. The van der Waals surface area contributed by atoms with Crippen molar-refractivity contribution in [2.45, 2.75) is 6.92 Å². The van der Waals surface area contributed by atoms with Crippen molar-refractivity contribution in [2.75, 3.05) is 13.1 Å². The van der Waals surface area contributed by atoms with E-state index in [9.17, 15) is 4.79 Å². The number of furan rings is 1. The predicted octanol–water partition coefficient (Wildman–Crippen LogP) is 2.60. The number of nitrogens with two attached hydrogens (primary N) is 1. The zero-order valence-electron chi connectivity index (χ0n) is 10.6. The molecule has 1 heterocycles. The van der Waals surface area contributed by atoms with E-state index in [1.54, 1.807) is 12.1 Å². The predicted molar refractivity (Wildman–Crippen MR) is 75.3 cm³/mol. The van der Waals surface area contributed by atoms with E-state index in [2.05, 4.69) is 5.32 Å². The number of aryl methyl sites for hydroxylation is 1. The van der Waals surface area contributed by atoms with Gasteiger partial charge in [-0.2, -0.15) is 0 Å². The van der Waals surface area contributed by atoms with Crippen LogP contribution >= 0.6 is 11.6 Å². The molecule has 2 rings (SSSR count). The lowest BCUT2D eigenvalue weighted by Gasteiger charge is -2.03. The molecule has 1 amide bonds. The molecule has 0 radical (unpaired) electrons. The van der Waals surface area contributed by atoms with E-state index in [0.717, 1.165) is 11.1 Å². The number of hydrogen-bond donors (Lipinski definition) is 2. The Bertz CT molecular complexity index is 593. The number of hydrogen-bond acceptors (Lipinski definition) is 3. The Labute approximate surface area is 116 Å². The van der Waals surface area contributed by atoms with Crippen molar-refractivity contribution < 1.29 is 9.21 Å². The second-order valence-corrected chi connectivity index (χ2v) is 4.60. The Morgan fingerprint density at radius 2 is 2.16 bits per heavy atom. The summed E-state index contributed by atoms with van der Waals surface area (Å²) in [5, 5.41) is 3.29. The van der Waals surface area contributed by atoms with Gasteiger partial charge < -0.3 is 15.5 Å². The maximum Gasteiger partial charge on any atom is 0.287 e. The molecule has 1 aromatic carbocycles.